The van der Waals surface area contributed by atoms with Crippen LogP contribution < -0.4 is 10.2 Å². The van der Waals surface area contributed by atoms with Crippen LogP contribution in [0.1, 0.15) is 328 Å². The van der Waals surface area contributed by atoms with E-state index in [0.29, 0.717) is 17.4 Å². The summed E-state index contributed by atoms with van der Waals surface area (Å²) in [7, 11) is 1.26. The van der Waals surface area contributed by atoms with Crippen LogP contribution >= 0.6 is 7.82 Å². The standard InChI is InChI=1S/C66H129N2O6P/c1-6-8-10-12-14-16-18-20-22-24-26-27-28-29-30-31-32-33-34-35-36-37-38-39-40-41-42-44-46-48-50-52-54-56-58-60-66(70)67-64(63-74-75(71,72)73-62-61-68(3,4)5)65(69)59-57-55-53-51-49-47-45-43-25-23-21-19-17-15-13-11-9-7-2/h31-32,49,51,57,59,64-65,69H,6-30,33-48,50,52-56,58,60-63H2,1-5H3,(H-,67,70,71,72)/b32-31-,51-49+,59-57+. The highest BCUT2D eigenvalue weighted by Crippen LogP contribution is 2.38. The van der Waals surface area contributed by atoms with Gasteiger partial charge in [0.15, 0.2) is 0 Å². The minimum atomic E-state index is -4.61. The third-order valence-electron chi connectivity index (χ3n) is 15.1. The van der Waals surface area contributed by atoms with E-state index in [9.17, 15) is 19.4 Å². The number of likely N-dealkylation sites (N-methyl/N-ethyl adjacent to an activating group) is 1. The number of aliphatic hydroxyl groups excluding tert-OH is 1. The number of allylic oxidation sites excluding steroid dienone is 5. The van der Waals surface area contributed by atoms with Crippen molar-refractivity contribution < 1.29 is 32.9 Å². The second kappa shape index (κ2) is 57.4. The topological polar surface area (TPSA) is 108 Å². The summed E-state index contributed by atoms with van der Waals surface area (Å²) in [5.74, 6) is -0.202. The molecule has 0 spiro atoms. The number of phosphoric ester groups is 1. The van der Waals surface area contributed by atoms with E-state index in [1.807, 2.05) is 27.2 Å². The number of phosphoric acid groups is 1. The van der Waals surface area contributed by atoms with Gasteiger partial charge in [0.1, 0.15) is 13.2 Å². The molecule has 1 amide bonds. The van der Waals surface area contributed by atoms with Gasteiger partial charge in [0.25, 0.3) is 7.82 Å². The Labute approximate surface area is 467 Å². The van der Waals surface area contributed by atoms with E-state index in [1.54, 1.807) is 6.08 Å². The highest BCUT2D eigenvalue weighted by Gasteiger charge is 2.23. The highest BCUT2D eigenvalue weighted by atomic mass is 31.2. The monoisotopic (exact) mass is 1080 g/mol. The molecule has 0 aromatic rings. The third-order valence-corrected chi connectivity index (χ3v) is 16.0. The summed E-state index contributed by atoms with van der Waals surface area (Å²) in [4.78, 5) is 25.5. The van der Waals surface area contributed by atoms with Gasteiger partial charge in [0, 0.05) is 6.42 Å². The van der Waals surface area contributed by atoms with E-state index in [0.717, 1.165) is 38.5 Å². The maximum atomic E-state index is 13.0. The first-order valence-corrected chi connectivity index (χ1v) is 34.3. The lowest BCUT2D eigenvalue weighted by Gasteiger charge is -2.29. The second-order valence-electron chi connectivity index (χ2n) is 23.8. The third kappa shape index (κ3) is 60.2. The first-order valence-electron chi connectivity index (χ1n) is 32.9. The Bertz CT molecular complexity index is 1320. The van der Waals surface area contributed by atoms with Gasteiger partial charge in [0.05, 0.1) is 39.9 Å². The molecule has 3 unspecified atom stereocenters. The van der Waals surface area contributed by atoms with Crippen molar-refractivity contribution >= 4 is 13.7 Å². The summed E-state index contributed by atoms with van der Waals surface area (Å²) in [6.45, 7) is 4.67. The second-order valence-corrected chi connectivity index (χ2v) is 25.2. The minimum absolute atomic E-state index is 0.00487. The number of hydrogen-bond acceptors (Lipinski definition) is 6. The molecule has 0 saturated carbocycles. The van der Waals surface area contributed by atoms with Crippen molar-refractivity contribution in [3.63, 3.8) is 0 Å². The van der Waals surface area contributed by atoms with E-state index in [2.05, 4.69) is 43.5 Å². The highest BCUT2D eigenvalue weighted by molar-refractivity contribution is 7.45. The average Bonchev–Trinajstić information content (AvgIpc) is 3.37. The molecule has 0 aliphatic carbocycles. The number of nitrogens with zero attached hydrogens (tertiary/aromatic N) is 1. The number of nitrogens with one attached hydrogen (secondary N) is 1. The average molecular weight is 1080 g/mol. The predicted molar refractivity (Wildman–Crippen MR) is 325 cm³/mol. The summed E-state index contributed by atoms with van der Waals surface area (Å²) in [5, 5.41) is 13.9. The predicted octanol–water partition coefficient (Wildman–Crippen LogP) is 19.9. The van der Waals surface area contributed by atoms with Crippen LogP contribution in [0.5, 0.6) is 0 Å². The van der Waals surface area contributed by atoms with Crippen LogP contribution in [0.15, 0.2) is 36.5 Å². The van der Waals surface area contributed by atoms with Crippen molar-refractivity contribution in [1.82, 2.24) is 5.32 Å². The van der Waals surface area contributed by atoms with Gasteiger partial charge in [0.2, 0.25) is 5.91 Å². The SMILES string of the molecule is CCCCCCCCCCCCCC/C=C/CC/C=C/C(O)C(COP(=O)([O-])OCC[N+](C)(C)C)NC(=O)CCCCCCCCCCCCCCCCCCC/C=C\CCCCCCCCCCCCCCCC. The number of rotatable bonds is 61. The molecule has 0 rings (SSSR count). The molecule has 75 heavy (non-hydrogen) atoms. The van der Waals surface area contributed by atoms with Gasteiger partial charge in [-0.2, -0.15) is 0 Å². The van der Waals surface area contributed by atoms with Gasteiger partial charge in [-0.25, -0.2) is 0 Å². The van der Waals surface area contributed by atoms with Crippen molar-refractivity contribution in [3.05, 3.63) is 36.5 Å². The Balaban J connectivity index is 4.01. The number of hydrogen-bond donors (Lipinski definition) is 2. The zero-order chi connectivity index (χ0) is 54.9. The molecule has 0 aromatic carbocycles. The van der Waals surface area contributed by atoms with Crippen molar-refractivity contribution in [2.75, 3.05) is 40.9 Å². The number of carbonyl (C=O) groups is 1. The fourth-order valence-corrected chi connectivity index (χ4v) is 10.7. The van der Waals surface area contributed by atoms with Gasteiger partial charge >= 0.3 is 0 Å². The van der Waals surface area contributed by atoms with E-state index in [-0.39, 0.29) is 19.1 Å². The van der Waals surface area contributed by atoms with Crippen LogP contribution in [0.4, 0.5) is 0 Å². The van der Waals surface area contributed by atoms with Crippen LogP contribution in [0.2, 0.25) is 0 Å². The lowest BCUT2D eigenvalue weighted by atomic mass is 10.0. The number of amides is 1. The zero-order valence-corrected chi connectivity index (χ0v) is 51.7. The molecule has 444 valence electrons. The first kappa shape index (κ1) is 73.7. The maximum Gasteiger partial charge on any atom is 0.268 e. The number of unbranched alkanes of at least 4 members (excludes halogenated alkanes) is 44. The fraction of sp³-hybridized carbons (Fsp3) is 0.894. The zero-order valence-electron chi connectivity index (χ0n) is 50.8. The molecule has 0 radical (unpaired) electrons. The summed E-state index contributed by atoms with van der Waals surface area (Å²) in [6, 6.07) is -0.902. The molecule has 0 fully saturated rings. The Hall–Kier alpha value is -1.28. The molecule has 0 aliphatic rings. The summed E-state index contributed by atoms with van der Waals surface area (Å²) in [5.41, 5.74) is 0. The van der Waals surface area contributed by atoms with Crippen LogP contribution in [0.3, 0.4) is 0 Å². The molecule has 3 atom stereocenters. The van der Waals surface area contributed by atoms with Crippen LogP contribution in [-0.2, 0) is 18.4 Å². The lowest BCUT2D eigenvalue weighted by molar-refractivity contribution is -0.870. The van der Waals surface area contributed by atoms with Crippen molar-refractivity contribution in [2.24, 2.45) is 0 Å². The van der Waals surface area contributed by atoms with E-state index in [4.69, 9.17) is 9.05 Å². The van der Waals surface area contributed by atoms with E-state index in [1.165, 1.54) is 270 Å². The number of aliphatic hydroxyl groups is 1. The van der Waals surface area contributed by atoms with Crippen molar-refractivity contribution in [2.45, 2.75) is 341 Å². The maximum absolute atomic E-state index is 13.0. The molecular formula is C66H129N2O6P. The van der Waals surface area contributed by atoms with Gasteiger partial charge < -0.3 is 28.8 Å². The Morgan fingerprint density at radius 1 is 0.453 bits per heavy atom. The lowest BCUT2D eigenvalue weighted by Crippen LogP contribution is -2.45. The van der Waals surface area contributed by atoms with Gasteiger partial charge in [-0.15, -0.1) is 0 Å². The first-order chi connectivity index (χ1) is 36.5. The largest absolute Gasteiger partial charge is 0.756 e. The molecular weight excluding hydrogens is 948 g/mol. The van der Waals surface area contributed by atoms with E-state index < -0.39 is 20.0 Å². The number of quaternary nitrogens is 1. The summed E-state index contributed by atoms with van der Waals surface area (Å²) < 4.78 is 23.4. The summed E-state index contributed by atoms with van der Waals surface area (Å²) >= 11 is 0. The van der Waals surface area contributed by atoms with Gasteiger partial charge in [-0.3, -0.25) is 9.36 Å². The Kier molecular flexibility index (Phi) is 56.4. The Morgan fingerprint density at radius 3 is 1.08 bits per heavy atom. The van der Waals surface area contributed by atoms with Crippen LogP contribution in [0, 0.1) is 0 Å². The smallest absolute Gasteiger partial charge is 0.268 e. The molecule has 8 nitrogen and oxygen atoms in total. The molecule has 0 aliphatic heterocycles. The minimum Gasteiger partial charge on any atom is -0.756 e. The molecule has 9 heteroatoms. The Morgan fingerprint density at radius 2 is 0.747 bits per heavy atom. The van der Waals surface area contributed by atoms with Gasteiger partial charge in [-0.05, 0) is 57.8 Å². The number of carbonyl (C=O) groups excluding carboxylic acids is 1. The van der Waals surface area contributed by atoms with Crippen molar-refractivity contribution in [3.8, 4) is 0 Å². The van der Waals surface area contributed by atoms with E-state index >= 15 is 0 Å². The quantitative estimate of drug-likeness (QED) is 0.0272. The fourth-order valence-electron chi connectivity index (χ4n) is 9.93. The van der Waals surface area contributed by atoms with Gasteiger partial charge in [-0.1, -0.05) is 301 Å². The van der Waals surface area contributed by atoms with Crippen molar-refractivity contribution in [1.29, 1.82) is 0 Å². The molecule has 0 bridgehead atoms. The van der Waals surface area contributed by atoms with Crippen LogP contribution in [0.25, 0.3) is 0 Å². The molecule has 2 N–H and O–H groups in total. The van der Waals surface area contributed by atoms with Crippen LogP contribution in [-0.4, -0.2) is 68.5 Å². The molecule has 0 saturated heterocycles. The molecule has 0 heterocycles. The molecule has 0 aromatic heterocycles. The summed E-state index contributed by atoms with van der Waals surface area (Å²) in [6.07, 6.45) is 75.5. The normalized spacial score (nSPS) is 14.0.